The van der Waals surface area contributed by atoms with Gasteiger partial charge in [-0.1, -0.05) is 54.6 Å². The standard InChI is InChI=1S/C28H25N3O3S/c1-18-25(30-27(33)34-19(2)24-5-3-4-16-29-24)26(35-31-18)22-8-6-20(7-9-22)21-10-12-23(13-11-21)28(17-32)14-15-28/h3-13,16-17,19H,14-15H2,1-2H3,(H,30,33)/t19-/m1/s1. The molecule has 6 nitrogen and oxygen atoms in total. The lowest BCUT2D eigenvalue weighted by Gasteiger charge is -2.14. The zero-order valence-electron chi connectivity index (χ0n) is 19.5. The number of aryl methyl sites for hydroxylation is 1. The van der Waals surface area contributed by atoms with Gasteiger partial charge in [-0.05, 0) is 72.6 Å². The molecule has 0 spiro atoms. The minimum absolute atomic E-state index is 0.258. The lowest BCUT2D eigenvalue weighted by atomic mass is 9.95. The molecule has 0 bridgehead atoms. The Hall–Kier alpha value is -3.84. The van der Waals surface area contributed by atoms with Crippen LogP contribution >= 0.6 is 11.5 Å². The fourth-order valence-electron chi connectivity index (χ4n) is 4.10. The highest BCUT2D eigenvalue weighted by molar-refractivity contribution is 7.10. The second kappa shape index (κ2) is 9.43. The molecule has 4 aromatic rings. The third-order valence-electron chi connectivity index (χ3n) is 6.43. The Morgan fingerprint density at radius 2 is 1.69 bits per heavy atom. The highest BCUT2D eigenvalue weighted by Crippen LogP contribution is 2.46. The topological polar surface area (TPSA) is 81.2 Å². The van der Waals surface area contributed by atoms with E-state index in [1.807, 2.05) is 37.3 Å². The van der Waals surface area contributed by atoms with E-state index in [2.05, 4.69) is 51.1 Å². The summed E-state index contributed by atoms with van der Waals surface area (Å²) in [5, 5.41) is 2.87. The molecular weight excluding hydrogens is 458 g/mol. The summed E-state index contributed by atoms with van der Waals surface area (Å²) < 4.78 is 9.96. The molecule has 1 fully saturated rings. The van der Waals surface area contributed by atoms with E-state index >= 15 is 0 Å². The van der Waals surface area contributed by atoms with Crippen LogP contribution in [0.2, 0.25) is 0 Å². The molecule has 0 radical (unpaired) electrons. The van der Waals surface area contributed by atoms with E-state index in [-0.39, 0.29) is 5.41 Å². The van der Waals surface area contributed by atoms with Gasteiger partial charge in [-0.3, -0.25) is 10.3 Å². The zero-order valence-corrected chi connectivity index (χ0v) is 20.3. The summed E-state index contributed by atoms with van der Waals surface area (Å²) in [4.78, 5) is 29.1. The van der Waals surface area contributed by atoms with Gasteiger partial charge in [0.15, 0.2) is 0 Å². The zero-order chi connectivity index (χ0) is 24.4. The van der Waals surface area contributed by atoms with Crippen LogP contribution in [-0.4, -0.2) is 21.7 Å². The summed E-state index contributed by atoms with van der Waals surface area (Å²) >= 11 is 1.34. The van der Waals surface area contributed by atoms with Crippen molar-refractivity contribution in [3.63, 3.8) is 0 Å². The average Bonchev–Trinajstić information content (AvgIpc) is 3.62. The van der Waals surface area contributed by atoms with Crippen LogP contribution in [0.25, 0.3) is 21.6 Å². The molecule has 2 heterocycles. The maximum absolute atomic E-state index is 12.6. The van der Waals surface area contributed by atoms with E-state index in [0.717, 1.165) is 52.0 Å². The van der Waals surface area contributed by atoms with Crippen molar-refractivity contribution >= 4 is 29.6 Å². The Balaban J connectivity index is 1.30. The van der Waals surface area contributed by atoms with Gasteiger partial charge in [0.25, 0.3) is 0 Å². The number of carbonyl (C=O) groups excluding carboxylic acids is 2. The number of nitrogens with one attached hydrogen (secondary N) is 1. The van der Waals surface area contributed by atoms with Gasteiger partial charge in [0.2, 0.25) is 0 Å². The molecule has 35 heavy (non-hydrogen) atoms. The van der Waals surface area contributed by atoms with Gasteiger partial charge in [0.05, 0.1) is 27.4 Å². The molecule has 2 aromatic heterocycles. The number of pyridine rings is 1. The number of amides is 1. The third kappa shape index (κ3) is 4.72. The SMILES string of the molecule is Cc1nsc(-c2ccc(-c3ccc(C4(C=O)CC4)cc3)cc2)c1NC(=O)O[C@H](C)c1ccccn1. The largest absolute Gasteiger partial charge is 0.440 e. The van der Waals surface area contributed by atoms with Gasteiger partial charge >= 0.3 is 6.09 Å². The van der Waals surface area contributed by atoms with Crippen LogP contribution in [0.3, 0.4) is 0 Å². The van der Waals surface area contributed by atoms with Crippen LogP contribution in [0, 0.1) is 6.92 Å². The number of carbonyl (C=O) groups is 2. The van der Waals surface area contributed by atoms with Crippen molar-refractivity contribution in [2.24, 2.45) is 0 Å². The second-order valence-electron chi connectivity index (χ2n) is 8.83. The minimum Gasteiger partial charge on any atom is -0.440 e. The fourth-order valence-corrected chi connectivity index (χ4v) is 4.95. The van der Waals surface area contributed by atoms with Gasteiger partial charge in [-0.25, -0.2) is 4.79 Å². The molecule has 1 N–H and O–H groups in total. The Kier molecular flexibility index (Phi) is 6.17. The van der Waals surface area contributed by atoms with Crippen LogP contribution in [0.4, 0.5) is 10.5 Å². The molecule has 1 aliphatic carbocycles. The molecule has 1 aliphatic rings. The molecule has 1 saturated carbocycles. The summed E-state index contributed by atoms with van der Waals surface area (Å²) in [5.41, 5.74) is 6.03. The first-order chi connectivity index (χ1) is 17.0. The molecule has 176 valence electrons. The van der Waals surface area contributed by atoms with E-state index in [1.165, 1.54) is 11.5 Å². The van der Waals surface area contributed by atoms with Crippen molar-refractivity contribution in [3.05, 3.63) is 89.9 Å². The van der Waals surface area contributed by atoms with Crippen molar-refractivity contribution in [3.8, 4) is 21.6 Å². The Labute approximate surface area is 208 Å². The summed E-state index contributed by atoms with van der Waals surface area (Å²) in [7, 11) is 0. The highest BCUT2D eigenvalue weighted by atomic mass is 32.1. The molecule has 7 heteroatoms. The summed E-state index contributed by atoms with van der Waals surface area (Å²) in [5.74, 6) is 0. The number of rotatable bonds is 7. The maximum atomic E-state index is 12.6. The summed E-state index contributed by atoms with van der Waals surface area (Å²) in [6.45, 7) is 3.65. The predicted molar refractivity (Wildman–Crippen MR) is 137 cm³/mol. The molecule has 0 aliphatic heterocycles. The van der Waals surface area contributed by atoms with E-state index < -0.39 is 12.2 Å². The smallest absolute Gasteiger partial charge is 0.412 e. The van der Waals surface area contributed by atoms with Crippen LogP contribution in [0.5, 0.6) is 0 Å². The number of benzene rings is 2. The second-order valence-corrected chi connectivity index (χ2v) is 9.60. The summed E-state index contributed by atoms with van der Waals surface area (Å²) in [6.07, 6.45) is 3.60. The van der Waals surface area contributed by atoms with Crippen molar-refractivity contribution < 1.29 is 14.3 Å². The molecule has 0 saturated heterocycles. The number of ether oxygens (including phenoxy) is 1. The first-order valence-electron chi connectivity index (χ1n) is 11.5. The average molecular weight is 484 g/mol. The quantitative estimate of drug-likeness (QED) is 0.295. The Morgan fingerprint density at radius 3 is 2.29 bits per heavy atom. The first-order valence-corrected chi connectivity index (χ1v) is 12.3. The van der Waals surface area contributed by atoms with Crippen LogP contribution in [0.15, 0.2) is 72.9 Å². The molecule has 2 aromatic carbocycles. The molecular formula is C28H25N3O3S. The monoisotopic (exact) mass is 483 g/mol. The number of hydrogen-bond acceptors (Lipinski definition) is 6. The minimum atomic E-state index is -0.548. The Bertz CT molecular complexity index is 1340. The molecule has 1 atom stereocenters. The van der Waals surface area contributed by atoms with Gasteiger partial charge in [0, 0.05) is 6.20 Å². The first kappa shape index (κ1) is 22.9. The van der Waals surface area contributed by atoms with Gasteiger partial charge in [0.1, 0.15) is 12.4 Å². The van der Waals surface area contributed by atoms with Gasteiger partial charge < -0.3 is 9.53 Å². The number of aromatic nitrogens is 2. The van der Waals surface area contributed by atoms with Gasteiger partial charge in [-0.15, -0.1) is 0 Å². The Morgan fingerprint density at radius 1 is 1.03 bits per heavy atom. The predicted octanol–water partition coefficient (Wildman–Crippen LogP) is 6.72. The lowest BCUT2D eigenvalue weighted by molar-refractivity contribution is -0.109. The number of hydrogen-bond donors (Lipinski definition) is 1. The maximum Gasteiger partial charge on any atom is 0.412 e. The van der Waals surface area contributed by atoms with Crippen molar-refractivity contribution in [2.75, 3.05) is 5.32 Å². The lowest BCUT2D eigenvalue weighted by Crippen LogP contribution is -2.17. The third-order valence-corrected chi connectivity index (χ3v) is 7.42. The van der Waals surface area contributed by atoms with E-state index in [4.69, 9.17) is 4.74 Å². The van der Waals surface area contributed by atoms with Crippen LogP contribution < -0.4 is 5.32 Å². The van der Waals surface area contributed by atoms with Crippen molar-refractivity contribution in [1.82, 2.24) is 9.36 Å². The highest BCUT2D eigenvalue weighted by Gasteiger charge is 2.44. The van der Waals surface area contributed by atoms with Crippen LogP contribution in [0.1, 0.15) is 42.8 Å². The number of anilines is 1. The molecule has 5 rings (SSSR count). The van der Waals surface area contributed by atoms with Gasteiger partial charge in [-0.2, -0.15) is 4.37 Å². The fraction of sp³-hybridized carbons (Fsp3) is 0.214. The molecule has 1 amide bonds. The number of aldehydes is 1. The van der Waals surface area contributed by atoms with E-state index in [9.17, 15) is 9.59 Å². The van der Waals surface area contributed by atoms with E-state index in [0.29, 0.717) is 11.4 Å². The van der Waals surface area contributed by atoms with Crippen molar-refractivity contribution in [2.45, 2.75) is 38.2 Å². The van der Waals surface area contributed by atoms with E-state index in [1.54, 1.807) is 13.1 Å². The normalized spacial score (nSPS) is 14.7. The van der Waals surface area contributed by atoms with Crippen LogP contribution in [-0.2, 0) is 14.9 Å². The molecule has 0 unspecified atom stereocenters. The number of nitrogens with zero attached hydrogens (tertiary/aromatic N) is 2. The van der Waals surface area contributed by atoms with Crippen molar-refractivity contribution in [1.29, 1.82) is 0 Å². The summed E-state index contributed by atoms with van der Waals surface area (Å²) in [6, 6.07) is 21.9.